The number of aryl methyl sites for hydroxylation is 1. The largest absolute Gasteiger partial charge is 0.508 e. The lowest BCUT2D eigenvalue weighted by atomic mass is 10.1. The SMILES string of the molecule is Cc1cc(-c2n[nH]c(=S)n2C(C)C)ccc1O. The lowest BCUT2D eigenvalue weighted by molar-refractivity contribution is 0.471. The van der Waals surface area contributed by atoms with Gasteiger partial charge in [-0.2, -0.15) is 5.10 Å². The lowest BCUT2D eigenvalue weighted by Gasteiger charge is -2.10. The van der Waals surface area contributed by atoms with Crippen LogP contribution < -0.4 is 0 Å². The van der Waals surface area contributed by atoms with Gasteiger partial charge in [-0.05, 0) is 56.8 Å². The molecule has 0 amide bonds. The van der Waals surface area contributed by atoms with Crippen molar-refractivity contribution in [3.8, 4) is 17.1 Å². The zero-order valence-electron chi connectivity index (χ0n) is 10.1. The number of aromatic hydroxyl groups is 1. The van der Waals surface area contributed by atoms with Gasteiger partial charge in [0.2, 0.25) is 0 Å². The fourth-order valence-corrected chi connectivity index (χ4v) is 2.12. The summed E-state index contributed by atoms with van der Waals surface area (Å²) < 4.78 is 2.57. The minimum atomic E-state index is 0.241. The predicted molar refractivity (Wildman–Crippen MR) is 69.6 cm³/mol. The second-order valence-corrected chi connectivity index (χ2v) is 4.70. The molecule has 0 radical (unpaired) electrons. The number of phenolic OH excluding ortho intramolecular Hbond substituents is 1. The van der Waals surface area contributed by atoms with Crippen LogP contribution in [0.1, 0.15) is 25.5 Å². The number of nitrogens with one attached hydrogen (secondary N) is 1. The van der Waals surface area contributed by atoms with E-state index in [4.69, 9.17) is 12.2 Å². The fourth-order valence-electron chi connectivity index (χ4n) is 1.78. The second-order valence-electron chi connectivity index (χ2n) is 4.32. The number of aromatic amines is 1. The molecule has 17 heavy (non-hydrogen) atoms. The highest BCUT2D eigenvalue weighted by atomic mass is 32.1. The van der Waals surface area contributed by atoms with Crippen molar-refractivity contribution < 1.29 is 5.11 Å². The van der Waals surface area contributed by atoms with Gasteiger partial charge in [0.05, 0.1) is 0 Å². The van der Waals surface area contributed by atoms with Gasteiger partial charge in [0.25, 0.3) is 0 Å². The predicted octanol–water partition coefficient (Wildman–Crippen LogP) is 3.20. The maximum atomic E-state index is 9.52. The third kappa shape index (κ3) is 2.10. The van der Waals surface area contributed by atoms with Crippen molar-refractivity contribution in [2.24, 2.45) is 0 Å². The monoisotopic (exact) mass is 249 g/mol. The van der Waals surface area contributed by atoms with E-state index in [1.54, 1.807) is 6.07 Å². The van der Waals surface area contributed by atoms with Gasteiger partial charge < -0.3 is 5.11 Å². The standard InChI is InChI=1S/C12H15N3OS/c1-7(2)15-11(13-14-12(15)17)9-4-5-10(16)8(3)6-9/h4-7,16H,1-3H3,(H,14,17). The van der Waals surface area contributed by atoms with E-state index < -0.39 is 0 Å². The first-order valence-electron chi connectivity index (χ1n) is 5.47. The Morgan fingerprint density at radius 2 is 2.12 bits per heavy atom. The summed E-state index contributed by atoms with van der Waals surface area (Å²) in [6.07, 6.45) is 0. The number of hydrogen-bond donors (Lipinski definition) is 2. The zero-order chi connectivity index (χ0) is 12.6. The molecule has 0 spiro atoms. The summed E-state index contributed by atoms with van der Waals surface area (Å²) in [6.45, 7) is 5.98. The highest BCUT2D eigenvalue weighted by Gasteiger charge is 2.12. The van der Waals surface area contributed by atoms with Crippen LogP contribution in [-0.2, 0) is 0 Å². The van der Waals surface area contributed by atoms with Crippen molar-refractivity contribution in [3.05, 3.63) is 28.5 Å². The third-order valence-corrected chi connectivity index (χ3v) is 2.96. The Morgan fingerprint density at radius 3 is 2.71 bits per heavy atom. The van der Waals surface area contributed by atoms with E-state index in [1.807, 2.05) is 23.6 Å². The molecule has 0 aliphatic heterocycles. The number of phenols is 1. The summed E-state index contributed by atoms with van der Waals surface area (Å²) in [5, 5.41) is 16.6. The van der Waals surface area contributed by atoms with Gasteiger partial charge in [0.15, 0.2) is 10.6 Å². The van der Waals surface area contributed by atoms with Crippen LogP contribution in [0.15, 0.2) is 18.2 Å². The average molecular weight is 249 g/mol. The van der Waals surface area contributed by atoms with Gasteiger partial charge in [-0.15, -0.1) is 0 Å². The molecule has 1 aromatic carbocycles. The summed E-state index contributed by atoms with van der Waals surface area (Å²) in [5.41, 5.74) is 1.77. The second kappa shape index (κ2) is 4.33. The fraction of sp³-hybridized carbons (Fsp3) is 0.333. The molecule has 0 atom stereocenters. The molecular weight excluding hydrogens is 234 g/mol. The molecule has 4 nitrogen and oxygen atoms in total. The lowest BCUT2D eigenvalue weighted by Crippen LogP contribution is -2.03. The first-order valence-corrected chi connectivity index (χ1v) is 5.88. The first-order chi connectivity index (χ1) is 8.00. The Hall–Kier alpha value is -1.62. The summed E-state index contributed by atoms with van der Waals surface area (Å²) in [5.74, 6) is 1.09. The molecular formula is C12H15N3OS. The summed E-state index contributed by atoms with van der Waals surface area (Å²) in [4.78, 5) is 0. The molecule has 0 fully saturated rings. The van der Waals surface area contributed by atoms with Crippen LogP contribution in [0.4, 0.5) is 0 Å². The molecule has 0 aliphatic rings. The molecule has 0 aliphatic carbocycles. The first kappa shape index (κ1) is 11.9. The van der Waals surface area contributed by atoms with Gasteiger partial charge in [0, 0.05) is 11.6 Å². The molecule has 90 valence electrons. The van der Waals surface area contributed by atoms with Gasteiger partial charge in [-0.1, -0.05) is 0 Å². The third-order valence-electron chi connectivity index (χ3n) is 2.68. The molecule has 1 heterocycles. The van der Waals surface area contributed by atoms with E-state index in [1.165, 1.54) is 0 Å². The summed E-state index contributed by atoms with van der Waals surface area (Å²) in [6, 6.07) is 5.66. The zero-order valence-corrected chi connectivity index (χ0v) is 10.9. The highest BCUT2D eigenvalue weighted by molar-refractivity contribution is 7.71. The minimum Gasteiger partial charge on any atom is -0.508 e. The molecule has 2 N–H and O–H groups in total. The maximum Gasteiger partial charge on any atom is 0.195 e. The van der Waals surface area contributed by atoms with Crippen molar-refractivity contribution in [2.75, 3.05) is 0 Å². The van der Waals surface area contributed by atoms with E-state index in [0.717, 1.165) is 17.0 Å². The summed E-state index contributed by atoms with van der Waals surface area (Å²) >= 11 is 5.20. The molecule has 0 saturated heterocycles. The van der Waals surface area contributed by atoms with Crippen LogP contribution in [0.2, 0.25) is 0 Å². The Labute approximate surface area is 105 Å². The Kier molecular flexibility index (Phi) is 3.02. The minimum absolute atomic E-state index is 0.241. The number of nitrogens with zero attached hydrogens (tertiary/aromatic N) is 2. The van der Waals surface area contributed by atoms with Gasteiger partial charge in [0.1, 0.15) is 5.75 Å². The molecule has 0 saturated carbocycles. The van der Waals surface area contributed by atoms with Crippen LogP contribution in [-0.4, -0.2) is 19.9 Å². The Morgan fingerprint density at radius 1 is 1.41 bits per heavy atom. The number of H-pyrrole nitrogens is 1. The van der Waals surface area contributed by atoms with E-state index in [2.05, 4.69) is 24.0 Å². The van der Waals surface area contributed by atoms with E-state index in [9.17, 15) is 5.11 Å². The molecule has 0 unspecified atom stereocenters. The van der Waals surface area contributed by atoms with E-state index >= 15 is 0 Å². The normalized spacial score (nSPS) is 11.1. The van der Waals surface area contributed by atoms with Crippen molar-refractivity contribution in [1.29, 1.82) is 0 Å². The van der Waals surface area contributed by atoms with Crippen molar-refractivity contribution in [2.45, 2.75) is 26.8 Å². The van der Waals surface area contributed by atoms with Gasteiger partial charge in [-0.3, -0.25) is 9.67 Å². The Balaban J connectivity index is 2.61. The topological polar surface area (TPSA) is 53.8 Å². The summed E-state index contributed by atoms with van der Waals surface area (Å²) in [7, 11) is 0. The maximum absolute atomic E-state index is 9.52. The number of benzene rings is 1. The molecule has 5 heteroatoms. The number of aromatic nitrogens is 3. The van der Waals surface area contributed by atoms with Gasteiger partial charge >= 0.3 is 0 Å². The molecule has 0 bridgehead atoms. The smallest absolute Gasteiger partial charge is 0.195 e. The van der Waals surface area contributed by atoms with Crippen molar-refractivity contribution in [1.82, 2.24) is 14.8 Å². The van der Waals surface area contributed by atoms with Crippen LogP contribution in [0.3, 0.4) is 0 Å². The van der Waals surface area contributed by atoms with Crippen LogP contribution in [0.25, 0.3) is 11.4 Å². The van der Waals surface area contributed by atoms with Crippen LogP contribution in [0.5, 0.6) is 5.75 Å². The number of rotatable bonds is 2. The van der Waals surface area contributed by atoms with Gasteiger partial charge in [-0.25, -0.2) is 0 Å². The van der Waals surface area contributed by atoms with Crippen LogP contribution in [0, 0.1) is 11.7 Å². The molecule has 2 rings (SSSR count). The van der Waals surface area contributed by atoms with Crippen molar-refractivity contribution >= 4 is 12.2 Å². The van der Waals surface area contributed by atoms with E-state index in [0.29, 0.717) is 10.5 Å². The molecule has 2 aromatic rings. The Bertz CT molecular complexity index is 598. The average Bonchev–Trinajstić information content (AvgIpc) is 2.64. The van der Waals surface area contributed by atoms with Crippen LogP contribution >= 0.6 is 12.2 Å². The number of hydrogen-bond acceptors (Lipinski definition) is 3. The molecule has 1 aromatic heterocycles. The highest BCUT2D eigenvalue weighted by Crippen LogP contribution is 2.25. The van der Waals surface area contributed by atoms with Crippen molar-refractivity contribution in [3.63, 3.8) is 0 Å². The quantitative estimate of drug-likeness (QED) is 0.804. The van der Waals surface area contributed by atoms with E-state index in [-0.39, 0.29) is 6.04 Å².